The zero-order valence-electron chi connectivity index (χ0n) is 14.7. The highest BCUT2D eigenvalue weighted by atomic mass is 32.2. The second-order valence-corrected chi connectivity index (χ2v) is 8.40. The van der Waals surface area contributed by atoms with Crippen molar-refractivity contribution in [1.29, 1.82) is 5.26 Å². The van der Waals surface area contributed by atoms with E-state index in [9.17, 15) is 5.26 Å². The maximum atomic E-state index is 9.37. The first-order valence-electron chi connectivity index (χ1n) is 8.51. The highest BCUT2D eigenvalue weighted by Gasteiger charge is 2.20. The minimum atomic E-state index is 0.515. The summed E-state index contributed by atoms with van der Waals surface area (Å²) in [5.74, 6) is 2.43. The molecule has 0 saturated carbocycles. The van der Waals surface area contributed by atoms with Gasteiger partial charge >= 0.3 is 0 Å². The van der Waals surface area contributed by atoms with Crippen molar-refractivity contribution in [3.8, 4) is 6.07 Å². The van der Waals surface area contributed by atoms with E-state index >= 15 is 0 Å². The molecule has 0 spiro atoms. The Hall–Kier alpha value is -2.24. The Morgan fingerprint density at radius 1 is 1.15 bits per heavy atom. The lowest BCUT2D eigenvalue weighted by Gasteiger charge is -2.10. The second-order valence-electron chi connectivity index (χ2n) is 6.35. The Morgan fingerprint density at radius 2 is 1.96 bits per heavy atom. The first kappa shape index (κ1) is 17.2. The summed E-state index contributed by atoms with van der Waals surface area (Å²) in [7, 11) is 0. The number of nitrogen functional groups attached to an aromatic ring is 1. The number of aryl methyl sites for hydroxylation is 4. The number of fused-ring (bicyclic) bond motifs is 3. The lowest BCUT2D eigenvalue weighted by molar-refractivity contribution is 0.700. The lowest BCUT2D eigenvalue weighted by atomic mass is 9.97. The smallest absolute Gasteiger partial charge is 0.142 e. The van der Waals surface area contributed by atoms with E-state index in [-0.39, 0.29) is 0 Å². The van der Waals surface area contributed by atoms with E-state index in [1.807, 2.05) is 13.8 Å². The molecule has 0 aliphatic heterocycles. The van der Waals surface area contributed by atoms with Gasteiger partial charge < -0.3 is 5.73 Å². The summed E-state index contributed by atoms with van der Waals surface area (Å²) in [6.45, 7) is 3.66. The molecule has 3 aromatic rings. The summed E-state index contributed by atoms with van der Waals surface area (Å²) < 4.78 is 0. The van der Waals surface area contributed by atoms with E-state index in [4.69, 9.17) is 10.7 Å². The number of nitrogens with zero attached hydrogens (tertiary/aromatic N) is 5. The molecule has 0 fully saturated rings. The third-order valence-corrected chi connectivity index (χ3v) is 6.66. The van der Waals surface area contributed by atoms with Gasteiger partial charge in [0.05, 0.1) is 16.8 Å². The molecule has 0 saturated heterocycles. The molecule has 0 aromatic carbocycles. The minimum absolute atomic E-state index is 0.515. The van der Waals surface area contributed by atoms with Gasteiger partial charge in [0.25, 0.3) is 0 Å². The van der Waals surface area contributed by atoms with Crippen LogP contribution in [0.25, 0.3) is 10.2 Å². The molecule has 0 bridgehead atoms. The topological polar surface area (TPSA) is 101 Å². The first-order chi connectivity index (χ1) is 12.6. The van der Waals surface area contributed by atoms with Gasteiger partial charge in [0.2, 0.25) is 0 Å². The fourth-order valence-electron chi connectivity index (χ4n) is 3.34. The van der Waals surface area contributed by atoms with E-state index < -0.39 is 0 Å². The van der Waals surface area contributed by atoms with Gasteiger partial charge in [-0.25, -0.2) is 19.9 Å². The summed E-state index contributed by atoms with van der Waals surface area (Å²) in [5, 5.41) is 11.1. The molecule has 3 heterocycles. The van der Waals surface area contributed by atoms with E-state index in [1.165, 1.54) is 35.0 Å². The van der Waals surface area contributed by atoms with Crippen molar-refractivity contribution in [2.24, 2.45) is 0 Å². The van der Waals surface area contributed by atoms with Crippen LogP contribution in [0.15, 0.2) is 5.03 Å². The number of nitriles is 1. The van der Waals surface area contributed by atoms with Crippen LogP contribution in [0.2, 0.25) is 0 Å². The minimum Gasteiger partial charge on any atom is -0.383 e. The van der Waals surface area contributed by atoms with Crippen molar-refractivity contribution in [3.05, 3.63) is 33.3 Å². The highest BCUT2D eigenvalue weighted by Crippen LogP contribution is 2.38. The van der Waals surface area contributed by atoms with E-state index in [2.05, 4.69) is 21.0 Å². The number of hydrogen-bond acceptors (Lipinski definition) is 8. The van der Waals surface area contributed by atoms with Crippen molar-refractivity contribution in [2.45, 2.75) is 50.3 Å². The van der Waals surface area contributed by atoms with Gasteiger partial charge in [-0.3, -0.25) is 0 Å². The fourth-order valence-corrected chi connectivity index (χ4v) is 5.56. The Balaban J connectivity index is 1.66. The molecule has 1 aliphatic rings. The molecular formula is C18H18N6S2. The van der Waals surface area contributed by atoms with E-state index in [1.54, 1.807) is 11.3 Å². The summed E-state index contributed by atoms with van der Waals surface area (Å²) >= 11 is 3.20. The number of aromatic nitrogens is 4. The van der Waals surface area contributed by atoms with Gasteiger partial charge in [0.1, 0.15) is 39.0 Å². The van der Waals surface area contributed by atoms with Gasteiger partial charge in [0, 0.05) is 4.88 Å². The van der Waals surface area contributed by atoms with Crippen LogP contribution in [-0.4, -0.2) is 19.9 Å². The molecule has 0 amide bonds. The second kappa shape index (κ2) is 6.82. The quantitative estimate of drug-likeness (QED) is 0.544. The molecule has 1 aliphatic carbocycles. The zero-order valence-corrected chi connectivity index (χ0v) is 16.3. The molecule has 26 heavy (non-hydrogen) atoms. The summed E-state index contributed by atoms with van der Waals surface area (Å²) in [5.41, 5.74) is 8.83. The molecule has 0 unspecified atom stereocenters. The first-order valence-corrected chi connectivity index (χ1v) is 10.3. The van der Waals surface area contributed by atoms with Crippen molar-refractivity contribution in [2.75, 3.05) is 5.73 Å². The molecule has 4 rings (SSSR count). The number of hydrogen-bond donors (Lipinski definition) is 1. The third-order valence-electron chi connectivity index (χ3n) is 4.51. The van der Waals surface area contributed by atoms with Gasteiger partial charge in [0.15, 0.2) is 0 Å². The number of nitrogens with two attached hydrogens (primary N) is 1. The SMILES string of the molecule is Cc1nc(C)c(C#N)c(SCc2nc(N)c3c4c(sc3n2)CCCC4)n1. The maximum Gasteiger partial charge on any atom is 0.142 e. The predicted molar refractivity (Wildman–Crippen MR) is 104 cm³/mol. The molecule has 8 heteroatoms. The summed E-state index contributed by atoms with van der Waals surface area (Å²) in [6, 6.07) is 2.19. The number of thioether (sulfide) groups is 1. The number of thiophene rings is 1. The highest BCUT2D eigenvalue weighted by molar-refractivity contribution is 7.98. The molecule has 132 valence electrons. The van der Waals surface area contributed by atoms with Crippen LogP contribution < -0.4 is 5.73 Å². The van der Waals surface area contributed by atoms with Crippen LogP contribution in [-0.2, 0) is 18.6 Å². The normalized spacial score (nSPS) is 13.6. The Bertz CT molecular complexity index is 1050. The van der Waals surface area contributed by atoms with Gasteiger partial charge in [-0.2, -0.15) is 5.26 Å². The van der Waals surface area contributed by atoms with Crippen LogP contribution in [0.5, 0.6) is 0 Å². The molecule has 3 aromatic heterocycles. The average Bonchev–Trinajstić information content (AvgIpc) is 2.98. The number of rotatable bonds is 3. The predicted octanol–water partition coefficient (Wildman–Crippen LogP) is 3.72. The molecule has 0 atom stereocenters. The van der Waals surface area contributed by atoms with Crippen molar-refractivity contribution in [1.82, 2.24) is 19.9 Å². The van der Waals surface area contributed by atoms with Gasteiger partial charge in [-0.05, 0) is 45.1 Å². The van der Waals surface area contributed by atoms with Crippen LogP contribution in [0.3, 0.4) is 0 Å². The van der Waals surface area contributed by atoms with Crippen LogP contribution in [0, 0.1) is 25.2 Å². The Kier molecular flexibility index (Phi) is 4.51. The van der Waals surface area contributed by atoms with E-state index in [0.717, 1.165) is 23.1 Å². The third kappa shape index (κ3) is 3.02. The zero-order chi connectivity index (χ0) is 18.3. The van der Waals surface area contributed by atoms with Gasteiger partial charge in [-0.15, -0.1) is 11.3 Å². The lowest BCUT2D eigenvalue weighted by Crippen LogP contribution is -2.03. The number of anilines is 1. The standard InChI is InChI=1S/C18H18N6S2/c1-9-12(7-19)17(22-10(2)21-9)25-8-14-23-16(20)15-11-5-3-4-6-13(11)26-18(15)24-14/h3-6,8H2,1-2H3,(H2,20,23,24). The summed E-state index contributed by atoms with van der Waals surface area (Å²) in [4.78, 5) is 20.3. The van der Waals surface area contributed by atoms with E-state index in [0.29, 0.717) is 39.5 Å². The fraction of sp³-hybridized carbons (Fsp3) is 0.389. The molecule has 6 nitrogen and oxygen atoms in total. The monoisotopic (exact) mass is 382 g/mol. The van der Waals surface area contributed by atoms with Crippen molar-refractivity contribution >= 4 is 39.1 Å². The Labute approximate surface area is 159 Å². The molecular weight excluding hydrogens is 364 g/mol. The molecule has 0 radical (unpaired) electrons. The van der Waals surface area contributed by atoms with Crippen LogP contribution in [0.1, 0.15) is 46.2 Å². The summed E-state index contributed by atoms with van der Waals surface area (Å²) in [6.07, 6.45) is 4.63. The van der Waals surface area contributed by atoms with Gasteiger partial charge in [-0.1, -0.05) is 11.8 Å². The van der Waals surface area contributed by atoms with Crippen molar-refractivity contribution in [3.63, 3.8) is 0 Å². The average molecular weight is 383 g/mol. The largest absolute Gasteiger partial charge is 0.383 e. The van der Waals surface area contributed by atoms with Crippen molar-refractivity contribution < 1.29 is 0 Å². The Morgan fingerprint density at radius 3 is 2.77 bits per heavy atom. The van der Waals surface area contributed by atoms with Crippen LogP contribution >= 0.6 is 23.1 Å². The molecule has 2 N–H and O–H groups in total. The van der Waals surface area contributed by atoms with Crippen LogP contribution in [0.4, 0.5) is 5.82 Å². The maximum absolute atomic E-state index is 9.37.